The van der Waals surface area contributed by atoms with Gasteiger partial charge >= 0.3 is 35.8 Å². The van der Waals surface area contributed by atoms with E-state index in [0.717, 1.165) is 0 Å². The zero-order valence-electron chi connectivity index (χ0n) is 28.6. The average Bonchev–Trinajstić information content (AvgIpc) is 3.09. The van der Waals surface area contributed by atoms with E-state index in [0.29, 0.717) is 0 Å². The van der Waals surface area contributed by atoms with E-state index < -0.39 is 99.5 Å². The van der Waals surface area contributed by atoms with Gasteiger partial charge < -0.3 is 71.5 Å². The molecule has 0 aromatic rings. The van der Waals surface area contributed by atoms with Gasteiger partial charge in [-0.05, 0) is 0 Å². The molecule has 0 amide bonds. The lowest BCUT2D eigenvalue weighted by Crippen LogP contribution is -2.37. The molecular weight excluding hydrogens is 656 g/mol. The highest BCUT2D eigenvalue weighted by molar-refractivity contribution is 5.67. The number of carboxylic acid groups (broad SMARTS) is 6. The zero-order chi connectivity index (χ0) is 40.4. The monoisotopic (exact) mass is 716 g/mol. The molecule has 0 unspecified atom stereocenters. The van der Waals surface area contributed by atoms with Crippen LogP contribution in [0, 0.1) is 10.8 Å². The Kier molecular flexibility index (Phi) is 63.1. The summed E-state index contributed by atoms with van der Waals surface area (Å²) in [4.78, 5) is 56.2. The Morgan fingerprint density at radius 1 is 0.292 bits per heavy atom. The normalized spacial score (nSPS) is 9.12. The molecule has 20 nitrogen and oxygen atoms in total. The summed E-state index contributed by atoms with van der Waals surface area (Å²) in [6, 6.07) is 0. The van der Waals surface area contributed by atoms with Crippen LogP contribution < -0.4 is 0 Å². The molecule has 0 saturated heterocycles. The Balaban J connectivity index is -0.0000000646. The summed E-state index contributed by atoms with van der Waals surface area (Å²) in [5.41, 5.74) is -2.22. The number of rotatable bonds is 14. The van der Waals surface area contributed by atoms with Crippen molar-refractivity contribution < 1.29 is 100 Å². The zero-order valence-corrected chi connectivity index (χ0v) is 28.6. The van der Waals surface area contributed by atoms with E-state index in [1.807, 2.05) is 0 Å². The SMILES string of the molecule is CCC(=O)O.CCC(=O)O.CCC(=O)O.CCC(=O)O.CCC(=O)O.CCC(=O)O.OCC(CO)(CO)CO.OCC(CO)(CO)CO. The number of carbonyl (C=O) groups is 6. The fraction of sp³-hybridized carbons (Fsp3) is 0.786. The standard InChI is InChI=1S/2C5H12O4.6C3H6O2/c2*6-1-5(2-7,3-8)4-9;6*1-2-3(4)5/h2*6-9H,1-4H2;6*2H2,1H3,(H,4,5). The van der Waals surface area contributed by atoms with Crippen LogP contribution >= 0.6 is 0 Å². The summed E-state index contributed by atoms with van der Waals surface area (Å²) in [7, 11) is 0. The second kappa shape index (κ2) is 47.9. The van der Waals surface area contributed by atoms with Crippen LogP contribution in [0.2, 0.25) is 0 Å². The number of aliphatic carboxylic acids is 6. The Bertz CT molecular complexity index is 586. The minimum absolute atomic E-state index is 0.222. The van der Waals surface area contributed by atoms with Crippen molar-refractivity contribution in [3.8, 4) is 0 Å². The van der Waals surface area contributed by atoms with E-state index in [1.54, 1.807) is 41.5 Å². The highest BCUT2D eigenvalue weighted by atomic mass is 16.4. The third-order valence-corrected chi connectivity index (χ3v) is 4.50. The lowest BCUT2D eigenvalue weighted by molar-refractivity contribution is -0.137. The van der Waals surface area contributed by atoms with Crippen LogP contribution in [0.4, 0.5) is 0 Å². The maximum Gasteiger partial charge on any atom is 0.303 e. The summed E-state index contributed by atoms with van der Waals surface area (Å²) >= 11 is 0. The van der Waals surface area contributed by atoms with Gasteiger partial charge in [-0.3, -0.25) is 28.8 Å². The minimum atomic E-state index is -1.11. The maximum atomic E-state index is 9.37. The molecule has 0 rings (SSSR count). The Hall–Kier alpha value is -3.50. The molecule has 0 aliphatic rings. The number of hydrogen-bond acceptors (Lipinski definition) is 14. The maximum absolute atomic E-state index is 9.37. The Morgan fingerprint density at radius 3 is 0.354 bits per heavy atom. The van der Waals surface area contributed by atoms with Crippen molar-refractivity contribution in [2.45, 2.75) is 80.1 Å². The summed E-state index contributed by atoms with van der Waals surface area (Å²) in [5.74, 6) is -4.47. The average molecular weight is 717 g/mol. The van der Waals surface area contributed by atoms with Crippen molar-refractivity contribution in [1.29, 1.82) is 0 Å². The lowest BCUT2D eigenvalue weighted by atomic mass is 9.93. The number of carboxylic acids is 6. The highest BCUT2D eigenvalue weighted by Crippen LogP contribution is 2.12. The first-order valence-electron chi connectivity index (χ1n) is 14.3. The Labute approximate surface area is 280 Å². The van der Waals surface area contributed by atoms with Gasteiger partial charge in [-0.25, -0.2) is 0 Å². The predicted molar refractivity (Wildman–Crippen MR) is 169 cm³/mol. The van der Waals surface area contributed by atoms with Crippen molar-refractivity contribution in [3.63, 3.8) is 0 Å². The number of aliphatic hydroxyl groups excluding tert-OH is 8. The second-order valence-electron chi connectivity index (χ2n) is 8.75. The van der Waals surface area contributed by atoms with Crippen molar-refractivity contribution in [2.75, 3.05) is 52.9 Å². The highest BCUT2D eigenvalue weighted by Gasteiger charge is 2.27. The molecule has 0 aliphatic heterocycles. The molecule has 20 heteroatoms. The van der Waals surface area contributed by atoms with Gasteiger partial charge in [-0.1, -0.05) is 41.5 Å². The van der Waals surface area contributed by atoms with Crippen LogP contribution in [0.5, 0.6) is 0 Å². The van der Waals surface area contributed by atoms with Gasteiger partial charge in [0.05, 0.1) is 63.7 Å². The number of aliphatic hydroxyl groups is 8. The molecule has 292 valence electrons. The van der Waals surface area contributed by atoms with Crippen LogP contribution in [0.1, 0.15) is 80.1 Å². The minimum Gasteiger partial charge on any atom is -0.481 e. The second-order valence-corrected chi connectivity index (χ2v) is 8.75. The molecule has 0 radical (unpaired) electrons. The Morgan fingerprint density at radius 2 is 0.354 bits per heavy atom. The molecule has 0 aromatic carbocycles. The van der Waals surface area contributed by atoms with E-state index >= 15 is 0 Å². The van der Waals surface area contributed by atoms with Gasteiger partial charge in [0.25, 0.3) is 0 Å². The smallest absolute Gasteiger partial charge is 0.303 e. The van der Waals surface area contributed by atoms with Crippen molar-refractivity contribution >= 4 is 35.8 Å². The van der Waals surface area contributed by atoms with E-state index in [-0.39, 0.29) is 38.5 Å². The van der Waals surface area contributed by atoms with Gasteiger partial charge in [0.15, 0.2) is 0 Å². The first kappa shape index (κ1) is 63.2. The molecule has 0 atom stereocenters. The lowest BCUT2D eigenvalue weighted by Gasteiger charge is -2.23. The molecule has 48 heavy (non-hydrogen) atoms. The van der Waals surface area contributed by atoms with E-state index in [1.165, 1.54) is 0 Å². The molecule has 0 bridgehead atoms. The molecule has 0 heterocycles. The molecular formula is C28H60O20. The fourth-order valence-corrected chi connectivity index (χ4v) is 0.600. The quantitative estimate of drug-likeness (QED) is 0.1000. The summed E-state index contributed by atoms with van der Waals surface area (Å²) in [6.45, 7) is 6.35. The van der Waals surface area contributed by atoms with Crippen molar-refractivity contribution in [3.05, 3.63) is 0 Å². The van der Waals surface area contributed by atoms with E-state index in [2.05, 4.69) is 0 Å². The van der Waals surface area contributed by atoms with Gasteiger partial charge in [-0.2, -0.15) is 0 Å². The molecule has 0 aliphatic carbocycles. The summed E-state index contributed by atoms with van der Waals surface area (Å²) in [6.07, 6.45) is 1.33. The molecule has 0 spiro atoms. The first-order chi connectivity index (χ1) is 22.1. The molecule has 0 fully saturated rings. The molecule has 14 N–H and O–H groups in total. The van der Waals surface area contributed by atoms with Crippen molar-refractivity contribution in [1.82, 2.24) is 0 Å². The first-order valence-corrected chi connectivity index (χ1v) is 14.3. The van der Waals surface area contributed by atoms with Crippen LogP contribution in [0.15, 0.2) is 0 Å². The van der Waals surface area contributed by atoms with Crippen LogP contribution in [-0.4, -0.2) is 160 Å². The van der Waals surface area contributed by atoms with Crippen LogP contribution in [0.25, 0.3) is 0 Å². The van der Waals surface area contributed by atoms with Gasteiger partial charge in [0, 0.05) is 38.5 Å². The summed E-state index contributed by atoms with van der Waals surface area (Å²) < 4.78 is 0. The topological polar surface area (TPSA) is 386 Å². The molecule has 0 saturated carbocycles. The van der Waals surface area contributed by atoms with Gasteiger partial charge in [0.1, 0.15) is 0 Å². The van der Waals surface area contributed by atoms with E-state index in [9.17, 15) is 28.8 Å². The third-order valence-electron chi connectivity index (χ3n) is 4.50. The van der Waals surface area contributed by atoms with E-state index in [4.69, 9.17) is 71.5 Å². The largest absolute Gasteiger partial charge is 0.481 e. The predicted octanol–water partition coefficient (Wildman–Crippen LogP) is -1.23. The van der Waals surface area contributed by atoms with Crippen LogP contribution in [0.3, 0.4) is 0 Å². The van der Waals surface area contributed by atoms with Gasteiger partial charge in [0.2, 0.25) is 0 Å². The summed E-state index contributed by atoms with van der Waals surface area (Å²) in [5, 5.41) is 114. The van der Waals surface area contributed by atoms with Crippen LogP contribution in [-0.2, 0) is 28.8 Å². The number of hydrogen-bond donors (Lipinski definition) is 14. The fourth-order valence-electron chi connectivity index (χ4n) is 0.600. The van der Waals surface area contributed by atoms with Crippen molar-refractivity contribution in [2.24, 2.45) is 10.8 Å². The molecule has 0 aromatic heterocycles. The van der Waals surface area contributed by atoms with Gasteiger partial charge in [-0.15, -0.1) is 0 Å². The third kappa shape index (κ3) is 69.3.